The van der Waals surface area contributed by atoms with Gasteiger partial charge in [-0.1, -0.05) is 42.5 Å². The van der Waals surface area contributed by atoms with E-state index in [4.69, 9.17) is 4.74 Å². The van der Waals surface area contributed by atoms with E-state index in [1.54, 1.807) is 18.2 Å². The second kappa shape index (κ2) is 9.88. The number of fused-ring (bicyclic) bond motifs is 2. The lowest BCUT2D eigenvalue weighted by molar-refractivity contribution is -0.141. The van der Waals surface area contributed by atoms with Gasteiger partial charge in [-0.05, 0) is 60.2 Å². The van der Waals surface area contributed by atoms with Crippen LogP contribution in [0.15, 0.2) is 72.9 Å². The van der Waals surface area contributed by atoms with Crippen LogP contribution < -0.4 is 10.2 Å². The first-order chi connectivity index (χ1) is 17.0. The molecule has 2 aromatic carbocycles. The van der Waals surface area contributed by atoms with Gasteiger partial charge >= 0.3 is 5.97 Å². The Morgan fingerprint density at radius 3 is 2.63 bits per heavy atom. The van der Waals surface area contributed by atoms with Gasteiger partial charge in [-0.3, -0.25) is 4.79 Å². The van der Waals surface area contributed by atoms with Gasteiger partial charge in [-0.25, -0.2) is 9.78 Å². The van der Waals surface area contributed by atoms with Crippen molar-refractivity contribution in [3.05, 3.63) is 95.2 Å². The number of amides is 1. The normalized spacial score (nSPS) is 18.6. The van der Waals surface area contributed by atoms with E-state index in [2.05, 4.69) is 33.4 Å². The van der Waals surface area contributed by atoms with Crippen LogP contribution in [0.1, 0.15) is 46.3 Å². The number of hydrogen-bond acceptors (Lipinski definition) is 5. The number of benzene rings is 2. The van der Waals surface area contributed by atoms with E-state index in [-0.39, 0.29) is 30.5 Å². The molecule has 0 aliphatic carbocycles. The molecule has 180 valence electrons. The summed E-state index contributed by atoms with van der Waals surface area (Å²) < 4.78 is 6.71. The van der Waals surface area contributed by atoms with E-state index in [0.29, 0.717) is 6.42 Å². The van der Waals surface area contributed by atoms with Crippen LogP contribution in [0, 0.1) is 0 Å². The fraction of sp³-hybridized carbons (Fsp3) is 0.321. The third-order valence-electron chi connectivity index (χ3n) is 6.97. The van der Waals surface area contributed by atoms with Crippen LogP contribution in [0.2, 0.25) is 0 Å². The Bertz CT molecular complexity index is 1210. The van der Waals surface area contributed by atoms with E-state index in [9.17, 15) is 14.7 Å². The molecule has 7 heteroatoms. The first-order valence-electron chi connectivity index (χ1n) is 12.0. The zero-order valence-electron chi connectivity index (χ0n) is 19.5. The molecule has 7 nitrogen and oxygen atoms in total. The lowest BCUT2D eigenvalue weighted by Gasteiger charge is -2.47. The van der Waals surface area contributed by atoms with Crippen molar-refractivity contribution in [2.75, 3.05) is 18.0 Å². The molecule has 1 spiro atoms. The van der Waals surface area contributed by atoms with E-state index in [1.165, 1.54) is 11.1 Å². The molecule has 1 saturated heterocycles. The number of rotatable bonds is 6. The summed E-state index contributed by atoms with van der Waals surface area (Å²) in [4.78, 5) is 30.8. The van der Waals surface area contributed by atoms with Crippen molar-refractivity contribution in [1.29, 1.82) is 0 Å². The Balaban J connectivity index is 1.25. The summed E-state index contributed by atoms with van der Waals surface area (Å²) in [5, 5.41) is 12.1. The summed E-state index contributed by atoms with van der Waals surface area (Å²) in [5.41, 5.74) is 3.05. The number of piperidine rings is 1. The first-order valence-corrected chi connectivity index (χ1v) is 12.0. The van der Waals surface area contributed by atoms with Crippen molar-refractivity contribution >= 4 is 17.7 Å². The Morgan fingerprint density at radius 1 is 1.06 bits per heavy atom. The fourth-order valence-corrected chi connectivity index (χ4v) is 5.25. The minimum absolute atomic E-state index is 0.101. The minimum atomic E-state index is -0.980. The molecule has 5 rings (SSSR count). The van der Waals surface area contributed by atoms with Crippen LogP contribution in [0.3, 0.4) is 0 Å². The molecule has 2 N–H and O–H groups in total. The Kier molecular flexibility index (Phi) is 6.51. The zero-order valence-corrected chi connectivity index (χ0v) is 19.5. The number of ether oxygens (including phenoxy) is 1. The lowest BCUT2D eigenvalue weighted by atomic mass is 9.78. The molecule has 0 radical (unpaired) electrons. The number of nitrogens with zero attached hydrogens (tertiary/aromatic N) is 2. The standard InChI is InChI=1S/C28H29N3O4/c32-26(30-19-20-6-5-8-22(16-20)27(33)34)18-23-17-21-7-1-2-9-24(21)28(35-23)11-14-31(15-12-28)25-10-3-4-13-29-25/h1-10,13,16,23H,11-12,14-15,17-19H2,(H,30,32)(H,33,34). The zero-order chi connectivity index (χ0) is 24.3. The van der Waals surface area contributed by atoms with Crippen molar-refractivity contribution in [2.45, 2.75) is 43.9 Å². The Hall–Kier alpha value is -3.71. The van der Waals surface area contributed by atoms with Gasteiger partial charge in [0.25, 0.3) is 0 Å². The minimum Gasteiger partial charge on any atom is -0.478 e. The Labute approximate surface area is 204 Å². The molecular formula is C28H29N3O4. The Morgan fingerprint density at radius 2 is 1.86 bits per heavy atom. The van der Waals surface area contributed by atoms with Crippen molar-refractivity contribution in [3.63, 3.8) is 0 Å². The van der Waals surface area contributed by atoms with Crippen LogP contribution in [-0.4, -0.2) is 41.2 Å². The van der Waals surface area contributed by atoms with Gasteiger partial charge in [0.2, 0.25) is 5.91 Å². The monoisotopic (exact) mass is 471 g/mol. The largest absolute Gasteiger partial charge is 0.478 e. The number of hydrogen-bond donors (Lipinski definition) is 2. The molecule has 2 aliphatic heterocycles. The third-order valence-corrected chi connectivity index (χ3v) is 6.97. The second-order valence-corrected chi connectivity index (χ2v) is 9.26. The van der Waals surface area contributed by atoms with E-state index in [1.807, 2.05) is 36.5 Å². The molecule has 2 aliphatic rings. The third kappa shape index (κ3) is 5.05. The van der Waals surface area contributed by atoms with Crippen molar-refractivity contribution in [1.82, 2.24) is 10.3 Å². The van der Waals surface area contributed by atoms with E-state index < -0.39 is 11.6 Å². The SMILES string of the molecule is O=C(CC1Cc2ccccc2C2(CCN(c3ccccn3)CC2)O1)NCc1cccc(C(=O)O)c1. The highest BCUT2D eigenvalue weighted by molar-refractivity contribution is 5.87. The number of anilines is 1. The predicted octanol–water partition coefficient (Wildman–Crippen LogP) is 3.92. The van der Waals surface area contributed by atoms with Gasteiger partial charge < -0.3 is 20.1 Å². The molecule has 0 saturated carbocycles. The van der Waals surface area contributed by atoms with Crippen LogP contribution >= 0.6 is 0 Å². The number of carboxylic acids is 1. The highest BCUT2D eigenvalue weighted by atomic mass is 16.5. The fourth-order valence-electron chi connectivity index (χ4n) is 5.25. The molecule has 3 aromatic rings. The highest BCUT2D eigenvalue weighted by Gasteiger charge is 2.44. The van der Waals surface area contributed by atoms with Gasteiger partial charge in [0, 0.05) is 25.8 Å². The maximum Gasteiger partial charge on any atom is 0.335 e. The summed E-state index contributed by atoms with van der Waals surface area (Å²) in [6, 6.07) is 21.0. The van der Waals surface area contributed by atoms with Crippen molar-refractivity contribution in [2.24, 2.45) is 0 Å². The molecule has 1 amide bonds. The summed E-state index contributed by atoms with van der Waals surface area (Å²) in [6.07, 6.45) is 4.24. The lowest BCUT2D eigenvalue weighted by Crippen LogP contribution is -2.49. The molecule has 1 aromatic heterocycles. The van der Waals surface area contributed by atoms with Crippen LogP contribution in [0.4, 0.5) is 5.82 Å². The number of aromatic nitrogens is 1. The molecule has 35 heavy (non-hydrogen) atoms. The van der Waals surface area contributed by atoms with Gasteiger partial charge in [-0.15, -0.1) is 0 Å². The van der Waals surface area contributed by atoms with E-state index >= 15 is 0 Å². The average molecular weight is 472 g/mol. The quantitative estimate of drug-likeness (QED) is 0.566. The maximum atomic E-state index is 12.8. The van der Waals surface area contributed by atoms with Gasteiger partial charge in [-0.2, -0.15) is 0 Å². The summed E-state index contributed by atoms with van der Waals surface area (Å²) in [6.45, 7) is 1.96. The number of nitrogens with one attached hydrogen (secondary N) is 1. The number of aromatic carboxylic acids is 1. The molecule has 3 heterocycles. The first kappa shape index (κ1) is 23.1. The van der Waals surface area contributed by atoms with E-state index in [0.717, 1.165) is 37.3 Å². The molecule has 0 bridgehead atoms. The maximum absolute atomic E-state index is 12.8. The van der Waals surface area contributed by atoms with Crippen LogP contribution in [0.25, 0.3) is 0 Å². The topological polar surface area (TPSA) is 91.8 Å². The number of carbonyl (C=O) groups is 2. The van der Waals surface area contributed by atoms with Crippen molar-refractivity contribution < 1.29 is 19.4 Å². The van der Waals surface area contributed by atoms with Gasteiger partial charge in [0.05, 0.1) is 23.7 Å². The van der Waals surface area contributed by atoms with Crippen LogP contribution in [0.5, 0.6) is 0 Å². The number of carboxylic acid groups (broad SMARTS) is 1. The van der Waals surface area contributed by atoms with Crippen molar-refractivity contribution in [3.8, 4) is 0 Å². The van der Waals surface area contributed by atoms with Gasteiger partial charge in [0.1, 0.15) is 5.82 Å². The molecule has 1 fully saturated rings. The summed E-state index contributed by atoms with van der Waals surface area (Å²) >= 11 is 0. The number of pyridine rings is 1. The second-order valence-electron chi connectivity index (χ2n) is 9.26. The average Bonchev–Trinajstić information content (AvgIpc) is 2.89. The summed E-state index contributed by atoms with van der Waals surface area (Å²) in [5.74, 6) is -0.0997. The molecule has 1 atom stereocenters. The molecular weight excluding hydrogens is 442 g/mol. The van der Waals surface area contributed by atoms with Crippen LogP contribution in [-0.2, 0) is 28.1 Å². The summed E-state index contributed by atoms with van der Waals surface area (Å²) in [7, 11) is 0. The number of carbonyl (C=O) groups excluding carboxylic acids is 1. The van der Waals surface area contributed by atoms with Gasteiger partial charge in [0.15, 0.2) is 0 Å². The molecule has 1 unspecified atom stereocenters. The highest BCUT2D eigenvalue weighted by Crippen LogP contribution is 2.44. The smallest absolute Gasteiger partial charge is 0.335 e. The predicted molar refractivity (Wildman–Crippen MR) is 132 cm³/mol.